The Labute approximate surface area is 226 Å². The number of carbonyl (C=O) groups is 3. The van der Waals surface area contributed by atoms with Gasteiger partial charge in [-0.1, -0.05) is 28.7 Å². The maximum Gasteiger partial charge on any atom is 0.352 e. The molecule has 0 saturated carbocycles. The fourth-order valence-electron chi connectivity index (χ4n) is 3.30. The van der Waals surface area contributed by atoms with Gasteiger partial charge in [-0.25, -0.2) is 14.8 Å². The van der Waals surface area contributed by atoms with Gasteiger partial charge in [0.15, 0.2) is 10.3 Å². The molecule has 2 aliphatic heterocycles. The van der Waals surface area contributed by atoms with Crippen molar-refractivity contribution in [2.45, 2.75) is 21.6 Å². The number of nitrogens with one attached hydrogen (secondary N) is 1. The lowest BCUT2D eigenvalue weighted by molar-refractivity contribution is -0.150. The molecule has 1 saturated heterocycles. The largest absolute Gasteiger partial charge is 0.477 e. The first kappa shape index (κ1) is 26.9. The molecule has 2 atom stereocenters. The van der Waals surface area contributed by atoms with E-state index in [0.29, 0.717) is 28.1 Å². The molecule has 1 fully saturated rings. The van der Waals surface area contributed by atoms with E-state index < -0.39 is 34.9 Å². The normalized spacial score (nSPS) is 19.6. The molecule has 2 aromatic rings. The van der Waals surface area contributed by atoms with E-state index in [2.05, 4.69) is 29.8 Å². The highest BCUT2D eigenvalue weighted by Gasteiger charge is 2.54. The molecule has 14 nitrogen and oxygen atoms in total. The monoisotopic (exact) mass is 581 g/mol. The van der Waals surface area contributed by atoms with Crippen LogP contribution >= 0.6 is 46.8 Å². The van der Waals surface area contributed by atoms with Crippen molar-refractivity contribution in [1.82, 2.24) is 29.5 Å². The zero-order valence-electron chi connectivity index (χ0n) is 18.7. The van der Waals surface area contributed by atoms with Crippen LogP contribution in [0.3, 0.4) is 0 Å². The maximum atomic E-state index is 12.9. The summed E-state index contributed by atoms with van der Waals surface area (Å²) in [5.41, 5.74) is 10.8. The van der Waals surface area contributed by atoms with Crippen molar-refractivity contribution in [3.05, 3.63) is 40.8 Å². The number of allylic oxidation sites excluding steroid dienone is 1. The molecule has 0 radical (unpaired) electrons. The van der Waals surface area contributed by atoms with E-state index in [4.69, 9.17) is 11.5 Å². The number of aliphatic carboxylic acids is 1. The summed E-state index contributed by atoms with van der Waals surface area (Å²) in [6.45, 7) is 0.504. The van der Waals surface area contributed by atoms with Crippen LogP contribution in [0.1, 0.15) is 5.82 Å². The average Bonchev–Trinajstić information content (AvgIpc) is 3.31. The third-order valence-electron chi connectivity index (χ3n) is 4.87. The molecule has 18 heteroatoms. The fraction of sp³-hybridized carbons (Fsp3) is 0.263. The molecule has 2 amide bonds. The van der Waals surface area contributed by atoms with Crippen LogP contribution in [0.4, 0.5) is 5.13 Å². The number of carbonyl (C=O) groups excluding carboxylic acids is 2. The summed E-state index contributed by atoms with van der Waals surface area (Å²) >= 11 is 4.81. The summed E-state index contributed by atoms with van der Waals surface area (Å²) < 4.78 is 3.82. The summed E-state index contributed by atoms with van der Waals surface area (Å²) in [6.07, 6.45) is 3.25. The first-order chi connectivity index (χ1) is 17.8. The number of nitrogen functional groups attached to an aromatic ring is 1. The Kier molecular flexibility index (Phi) is 8.64. The van der Waals surface area contributed by atoms with Gasteiger partial charge >= 0.3 is 5.97 Å². The van der Waals surface area contributed by atoms with Gasteiger partial charge in [-0.2, -0.15) is 9.36 Å². The zero-order chi connectivity index (χ0) is 26.5. The van der Waals surface area contributed by atoms with E-state index in [1.165, 1.54) is 35.3 Å². The molecule has 0 aliphatic carbocycles. The number of oxime groups is 1. The van der Waals surface area contributed by atoms with Gasteiger partial charge < -0.3 is 27.1 Å². The number of rotatable bonds is 10. The number of nitrogens with zero attached hydrogens (tertiary/aromatic N) is 6. The molecule has 0 unspecified atom stereocenters. The van der Waals surface area contributed by atoms with E-state index >= 15 is 0 Å². The number of nitrogens with two attached hydrogens (primary N) is 2. The van der Waals surface area contributed by atoms with Gasteiger partial charge in [0.1, 0.15) is 22.1 Å². The number of aromatic nitrogens is 4. The molecule has 4 heterocycles. The van der Waals surface area contributed by atoms with Crippen LogP contribution in [-0.2, 0) is 14.4 Å². The Morgan fingerprint density at radius 2 is 2.19 bits per heavy atom. The third-order valence-corrected chi connectivity index (χ3v) is 8.35. The first-order valence-electron chi connectivity index (χ1n) is 10.4. The number of fused-ring (bicyclic) bond motifs is 1. The van der Waals surface area contributed by atoms with Crippen molar-refractivity contribution >= 4 is 75.4 Å². The Morgan fingerprint density at radius 1 is 1.38 bits per heavy atom. The van der Waals surface area contributed by atoms with Crippen molar-refractivity contribution in [3.8, 4) is 0 Å². The predicted octanol–water partition coefficient (Wildman–Crippen LogP) is 0.184. The highest BCUT2D eigenvalue weighted by atomic mass is 32.2. The van der Waals surface area contributed by atoms with Gasteiger partial charge in [-0.3, -0.25) is 14.5 Å². The number of anilines is 1. The minimum atomic E-state index is -1.27. The van der Waals surface area contributed by atoms with Crippen LogP contribution < -0.4 is 16.8 Å². The van der Waals surface area contributed by atoms with Gasteiger partial charge in [0.05, 0.1) is 0 Å². The summed E-state index contributed by atoms with van der Waals surface area (Å²) in [4.78, 5) is 51.0. The smallest absolute Gasteiger partial charge is 0.352 e. The van der Waals surface area contributed by atoms with Crippen molar-refractivity contribution in [2.75, 3.05) is 23.8 Å². The molecular weight excluding hydrogens is 563 g/mol. The Balaban J connectivity index is 1.45. The quantitative estimate of drug-likeness (QED) is 0.0480. The summed E-state index contributed by atoms with van der Waals surface area (Å²) in [5.74, 6) is -1.99. The molecule has 0 bridgehead atoms. The molecule has 2 aromatic heterocycles. The molecular formula is C19H19N9O5S4. The van der Waals surface area contributed by atoms with Crippen LogP contribution in [0, 0.1) is 0 Å². The maximum absolute atomic E-state index is 12.9. The number of β-lactam (4-membered cyclic amide) rings is 1. The van der Waals surface area contributed by atoms with Crippen molar-refractivity contribution < 1.29 is 24.7 Å². The third kappa shape index (κ3) is 5.87. The lowest BCUT2D eigenvalue weighted by Crippen LogP contribution is -2.71. The lowest BCUT2D eigenvalue weighted by atomic mass is 10.0. The van der Waals surface area contributed by atoms with Gasteiger partial charge in [0.2, 0.25) is 11.5 Å². The SMILES string of the molecule is NCCSc1nccc(SC=CC2=C(C(=O)O)N3C(=O)[C@@H](NC(=O)C(=NO)c4nsc(N)n4)[C@H]3SC2)n1. The number of hydrogen-bond acceptors (Lipinski definition) is 15. The number of thioether (sulfide) groups is 3. The van der Waals surface area contributed by atoms with Crippen molar-refractivity contribution in [1.29, 1.82) is 0 Å². The molecule has 4 rings (SSSR count). The van der Waals surface area contributed by atoms with E-state index in [1.807, 2.05) is 0 Å². The topological polar surface area (TPSA) is 223 Å². The molecule has 0 spiro atoms. The lowest BCUT2D eigenvalue weighted by Gasteiger charge is -2.49. The summed E-state index contributed by atoms with van der Waals surface area (Å²) in [7, 11) is 0. The second kappa shape index (κ2) is 11.9. The Morgan fingerprint density at radius 3 is 2.86 bits per heavy atom. The van der Waals surface area contributed by atoms with Crippen LogP contribution in [-0.4, -0.2) is 87.5 Å². The van der Waals surface area contributed by atoms with Crippen LogP contribution in [0.25, 0.3) is 0 Å². The number of hydrogen-bond donors (Lipinski definition) is 5. The fourth-order valence-corrected chi connectivity index (χ4v) is 6.36. The molecule has 7 N–H and O–H groups in total. The Bertz CT molecular complexity index is 1310. The average molecular weight is 582 g/mol. The number of amides is 2. The van der Waals surface area contributed by atoms with Gasteiger partial charge in [-0.15, -0.1) is 11.8 Å². The second-order valence-electron chi connectivity index (χ2n) is 7.18. The van der Waals surface area contributed by atoms with E-state index in [1.54, 1.807) is 23.7 Å². The second-order valence-corrected chi connectivity index (χ2v) is 11.1. The summed E-state index contributed by atoms with van der Waals surface area (Å²) in [6, 6.07) is 0.704. The molecule has 0 aromatic carbocycles. The van der Waals surface area contributed by atoms with Crippen molar-refractivity contribution in [3.63, 3.8) is 0 Å². The van der Waals surface area contributed by atoms with E-state index in [-0.39, 0.29) is 22.4 Å². The van der Waals surface area contributed by atoms with Crippen LogP contribution in [0.5, 0.6) is 0 Å². The molecule has 194 valence electrons. The van der Waals surface area contributed by atoms with Crippen LogP contribution in [0.15, 0.2) is 50.4 Å². The molecule has 2 aliphatic rings. The zero-order valence-corrected chi connectivity index (χ0v) is 21.9. The van der Waals surface area contributed by atoms with Crippen LogP contribution in [0.2, 0.25) is 0 Å². The number of carboxylic acids is 1. The van der Waals surface area contributed by atoms with Crippen molar-refractivity contribution in [2.24, 2.45) is 10.9 Å². The molecule has 37 heavy (non-hydrogen) atoms. The van der Waals surface area contributed by atoms with Gasteiger partial charge in [0.25, 0.3) is 11.8 Å². The highest BCUT2D eigenvalue weighted by molar-refractivity contribution is 8.02. The van der Waals surface area contributed by atoms with Gasteiger partial charge in [-0.05, 0) is 23.1 Å². The number of carboxylic acid groups (broad SMARTS) is 1. The summed E-state index contributed by atoms with van der Waals surface area (Å²) in [5, 5.41) is 26.8. The predicted molar refractivity (Wildman–Crippen MR) is 139 cm³/mol. The first-order valence-corrected chi connectivity index (χ1v) is 14.1. The highest BCUT2D eigenvalue weighted by Crippen LogP contribution is 2.41. The van der Waals surface area contributed by atoms with E-state index in [9.17, 15) is 24.7 Å². The minimum absolute atomic E-state index is 0.0679. The standard InChI is InChI=1S/C19H19N9O5S4/c20-3-6-35-19-22-4-1-9(23-19)34-5-2-8-7-36-16-11(15(30)28(16)12(8)17(31)32)24-14(29)10(26-33)13-25-18(21)37-27-13/h1-2,4-5,11,16,33H,3,6-7,20H2,(H,24,29)(H,31,32)(H2,21,25,27)/t11-,16-/m1/s1. The van der Waals surface area contributed by atoms with E-state index in [0.717, 1.165) is 16.4 Å². The minimum Gasteiger partial charge on any atom is -0.477 e. The Hall–Kier alpha value is -3.19. The van der Waals surface area contributed by atoms with Gasteiger partial charge in [0, 0.05) is 35.8 Å².